The van der Waals surface area contributed by atoms with Crippen molar-refractivity contribution in [3.63, 3.8) is 0 Å². The van der Waals surface area contributed by atoms with Gasteiger partial charge in [0, 0.05) is 11.5 Å². The fraction of sp³-hybridized carbons (Fsp3) is 0.760. The predicted octanol–water partition coefficient (Wildman–Crippen LogP) is 7.57. The van der Waals surface area contributed by atoms with Gasteiger partial charge in [-0.1, -0.05) is 77.2 Å². The van der Waals surface area contributed by atoms with Crippen LogP contribution in [0.3, 0.4) is 0 Å². The van der Waals surface area contributed by atoms with Crippen molar-refractivity contribution >= 4 is 0 Å². The molecule has 0 spiro atoms. The molecule has 0 N–H and O–H groups in total. The normalized spacial score (nSPS) is 27.8. The van der Waals surface area contributed by atoms with Gasteiger partial charge in [-0.2, -0.15) is 0 Å². The summed E-state index contributed by atoms with van der Waals surface area (Å²) in [5, 5.41) is 0. The van der Waals surface area contributed by atoms with Gasteiger partial charge in [-0.25, -0.2) is 8.78 Å². The lowest BCUT2D eigenvalue weighted by Crippen LogP contribution is -2.34. The Kier molecular flexibility index (Phi) is 9.38. The molecular weight excluding hydrogens is 370 g/mol. The zero-order valence-electron chi connectivity index (χ0n) is 18.0. The lowest BCUT2D eigenvalue weighted by molar-refractivity contribution is -0.214. The Bertz CT molecular complexity index is 590. The monoisotopic (exact) mass is 408 g/mol. The zero-order valence-corrected chi connectivity index (χ0v) is 18.0. The van der Waals surface area contributed by atoms with Gasteiger partial charge in [0.15, 0.2) is 17.9 Å². The number of hydrogen-bond donors (Lipinski definition) is 0. The van der Waals surface area contributed by atoms with E-state index in [1.807, 2.05) is 0 Å². The standard InChI is InChI=1S/C25H38F2O2/c1-2-3-4-5-6-7-8-9-19-10-12-20(13-11-19)22-17-28-25(29-18-22)21-14-15-23(26)24(27)16-21/h14-16,19-20,22,25H,2-13,17-18H2,1H3. The first-order valence-corrected chi connectivity index (χ1v) is 11.9. The molecule has 1 saturated heterocycles. The SMILES string of the molecule is CCCCCCCCCC1CCC(C2COC(c3ccc(F)c(F)c3)OC2)CC1. The summed E-state index contributed by atoms with van der Waals surface area (Å²) in [4.78, 5) is 0. The summed E-state index contributed by atoms with van der Waals surface area (Å²) in [5.74, 6) is 0.316. The summed E-state index contributed by atoms with van der Waals surface area (Å²) in [7, 11) is 0. The highest BCUT2D eigenvalue weighted by Gasteiger charge is 2.32. The van der Waals surface area contributed by atoms with Crippen molar-refractivity contribution in [2.45, 2.75) is 90.3 Å². The highest BCUT2D eigenvalue weighted by atomic mass is 19.2. The highest BCUT2D eigenvalue weighted by Crippen LogP contribution is 2.38. The van der Waals surface area contributed by atoms with E-state index in [4.69, 9.17) is 9.47 Å². The smallest absolute Gasteiger partial charge is 0.183 e. The predicted molar refractivity (Wildman–Crippen MR) is 113 cm³/mol. The van der Waals surface area contributed by atoms with Crippen LogP contribution in [0.2, 0.25) is 0 Å². The quantitative estimate of drug-likeness (QED) is 0.372. The topological polar surface area (TPSA) is 18.5 Å². The average Bonchev–Trinajstić information content (AvgIpc) is 2.76. The summed E-state index contributed by atoms with van der Waals surface area (Å²) in [6.45, 7) is 3.57. The van der Waals surface area contributed by atoms with Gasteiger partial charge in [0.25, 0.3) is 0 Å². The minimum Gasteiger partial charge on any atom is -0.348 e. The molecule has 0 aromatic heterocycles. The first-order chi connectivity index (χ1) is 14.2. The number of ether oxygens (including phenoxy) is 2. The van der Waals surface area contributed by atoms with E-state index in [1.165, 1.54) is 83.1 Å². The molecule has 1 heterocycles. The molecule has 29 heavy (non-hydrogen) atoms. The molecule has 0 atom stereocenters. The maximum Gasteiger partial charge on any atom is 0.183 e. The van der Waals surface area contributed by atoms with E-state index in [0.29, 0.717) is 30.6 Å². The molecule has 1 saturated carbocycles. The largest absolute Gasteiger partial charge is 0.348 e. The number of unbranched alkanes of at least 4 members (excludes halogenated alkanes) is 6. The Labute approximate surface area is 175 Å². The molecule has 0 unspecified atom stereocenters. The van der Waals surface area contributed by atoms with Gasteiger partial charge >= 0.3 is 0 Å². The van der Waals surface area contributed by atoms with Crippen molar-refractivity contribution in [3.05, 3.63) is 35.4 Å². The number of benzene rings is 1. The van der Waals surface area contributed by atoms with Crippen LogP contribution in [0.1, 0.15) is 95.8 Å². The molecule has 4 heteroatoms. The van der Waals surface area contributed by atoms with Crippen LogP contribution in [-0.4, -0.2) is 13.2 Å². The van der Waals surface area contributed by atoms with Gasteiger partial charge in [-0.3, -0.25) is 0 Å². The van der Waals surface area contributed by atoms with Crippen LogP contribution in [0.15, 0.2) is 18.2 Å². The third-order valence-electron chi connectivity index (χ3n) is 6.91. The van der Waals surface area contributed by atoms with Crippen LogP contribution in [-0.2, 0) is 9.47 Å². The molecular formula is C25H38F2O2. The fourth-order valence-corrected chi connectivity index (χ4v) is 4.98. The molecule has 164 valence electrons. The Morgan fingerprint density at radius 3 is 2.10 bits per heavy atom. The van der Waals surface area contributed by atoms with Crippen molar-refractivity contribution in [2.24, 2.45) is 17.8 Å². The van der Waals surface area contributed by atoms with E-state index in [2.05, 4.69) is 6.92 Å². The van der Waals surface area contributed by atoms with Gasteiger partial charge < -0.3 is 9.47 Å². The zero-order chi connectivity index (χ0) is 20.5. The Morgan fingerprint density at radius 2 is 1.45 bits per heavy atom. The Hall–Kier alpha value is -1.00. The molecule has 1 aliphatic carbocycles. The first kappa shape index (κ1) is 22.7. The van der Waals surface area contributed by atoms with Gasteiger partial charge in [0.2, 0.25) is 0 Å². The van der Waals surface area contributed by atoms with Crippen molar-refractivity contribution in [3.8, 4) is 0 Å². The van der Waals surface area contributed by atoms with Crippen LogP contribution >= 0.6 is 0 Å². The van der Waals surface area contributed by atoms with Gasteiger partial charge in [-0.05, 0) is 36.8 Å². The third kappa shape index (κ3) is 7.03. The molecule has 0 radical (unpaired) electrons. The summed E-state index contributed by atoms with van der Waals surface area (Å²) in [6, 6.07) is 3.85. The molecule has 3 rings (SSSR count). The van der Waals surface area contributed by atoms with Crippen molar-refractivity contribution < 1.29 is 18.3 Å². The highest BCUT2D eigenvalue weighted by molar-refractivity contribution is 5.19. The van der Waals surface area contributed by atoms with E-state index in [9.17, 15) is 8.78 Å². The average molecular weight is 409 g/mol. The van der Waals surface area contributed by atoms with Crippen LogP contribution in [0.4, 0.5) is 8.78 Å². The molecule has 1 aliphatic heterocycles. The van der Waals surface area contributed by atoms with E-state index in [1.54, 1.807) is 6.07 Å². The molecule has 0 bridgehead atoms. The van der Waals surface area contributed by atoms with Crippen molar-refractivity contribution in [1.82, 2.24) is 0 Å². The maximum absolute atomic E-state index is 13.4. The minimum atomic E-state index is -0.851. The number of rotatable bonds is 10. The lowest BCUT2D eigenvalue weighted by Gasteiger charge is -2.38. The lowest BCUT2D eigenvalue weighted by atomic mass is 9.74. The van der Waals surface area contributed by atoms with Gasteiger partial charge in [-0.15, -0.1) is 0 Å². The maximum atomic E-state index is 13.4. The second-order valence-electron chi connectivity index (χ2n) is 9.12. The number of halogens is 2. The van der Waals surface area contributed by atoms with E-state index in [0.717, 1.165) is 12.0 Å². The van der Waals surface area contributed by atoms with Gasteiger partial charge in [0.05, 0.1) is 13.2 Å². The van der Waals surface area contributed by atoms with Gasteiger partial charge in [0.1, 0.15) is 0 Å². The molecule has 1 aromatic carbocycles. The number of hydrogen-bond acceptors (Lipinski definition) is 2. The van der Waals surface area contributed by atoms with Crippen LogP contribution < -0.4 is 0 Å². The summed E-state index contributed by atoms with van der Waals surface area (Å²) in [5.41, 5.74) is 0.556. The first-order valence-electron chi connectivity index (χ1n) is 11.9. The second-order valence-corrected chi connectivity index (χ2v) is 9.12. The summed E-state index contributed by atoms with van der Waals surface area (Å²) < 4.78 is 38.3. The summed E-state index contributed by atoms with van der Waals surface area (Å²) in [6.07, 6.45) is 15.8. The Morgan fingerprint density at radius 1 is 0.793 bits per heavy atom. The molecule has 2 fully saturated rings. The van der Waals surface area contributed by atoms with Crippen LogP contribution in [0.25, 0.3) is 0 Å². The molecule has 2 nitrogen and oxygen atoms in total. The van der Waals surface area contributed by atoms with Crippen LogP contribution in [0.5, 0.6) is 0 Å². The van der Waals surface area contributed by atoms with E-state index in [-0.39, 0.29) is 0 Å². The molecule has 2 aliphatic rings. The Balaban J connectivity index is 1.30. The van der Waals surface area contributed by atoms with Crippen molar-refractivity contribution in [2.75, 3.05) is 13.2 Å². The fourth-order valence-electron chi connectivity index (χ4n) is 4.98. The second kappa shape index (κ2) is 12.0. The van der Waals surface area contributed by atoms with E-state index >= 15 is 0 Å². The van der Waals surface area contributed by atoms with E-state index < -0.39 is 17.9 Å². The minimum absolute atomic E-state index is 0.427. The summed E-state index contributed by atoms with van der Waals surface area (Å²) >= 11 is 0. The van der Waals surface area contributed by atoms with Crippen LogP contribution in [0, 0.1) is 29.4 Å². The molecule has 0 amide bonds. The molecule has 1 aromatic rings. The van der Waals surface area contributed by atoms with Crippen molar-refractivity contribution in [1.29, 1.82) is 0 Å². The third-order valence-corrected chi connectivity index (χ3v) is 6.91.